The van der Waals surface area contributed by atoms with Crippen LogP contribution >= 0.6 is 0 Å². The molecule has 18 heavy (non-hydrogen) atoms. The standard InChI is InChI=1S/C16H27NO/c1-5-14(11-18)10-17-12-16(3,4)15-8-6-13(2)7-9-15/h6-9,14,17-18H,5,10-12H2,1-4H3. The molecule has 0 aliphatic rings. The molecule has 1 rings (SSSR count). The number of nitrogens with one attached hydrogen (secondary N) is 1. The first-order valence-electron chi connectivity index (χ1n) is 6.88. The SMILES string of the molecule is CCC(CO)CNCC(C)(C)c1ccc(C)cc1. The van der Waals surface area contributed by atoms with E-state index in [1.165, 1.54) is 11.1 Å². The second kappa shape index (κ2) is 6.91. The van der Waals surface area contributed by atoms with Gasteiger partial charge in [-0.3, -0.25) is 0 Å². The van der Waals surface area contributed by atoms with Crippen molar-refractivity contribution in [3.8, 4) is 0 Å². The Morgan fingerprint density at radius 3 is 2.33 bits per heavy atom. The number of hydrogen-bond donors (Lipinski definition) is 2. The minimum Gasteiger partial charge on any atom is -0.396 e. The van der Waals surface area contributed by atoms with E-state index in [1.807, 2.05) is 0 Å². The first-order valence-corrected chi connectivity index (χ1v) is 6.88. The van der Waals surface area contributed by atoms with Crippen LogP contribution in [0.25, 0.3) is 0 Å². The molecule has 102 valence electrons. The van der Waals surface area contributed by atoms with Gasteiger partial charge in [-0.25, -0.2) is 0 Å². The Kier molecular flexibility index (Phi) is 5.83. The van der Waals surface area contributed by atoms with E-state index in [1.54, 1.807) is 0 Å². The Hall–Kier alpha value is -0.860. The van der Waals surface area contributed by atoms with Crippen LogP contribution in [0.2, 0.25) is 0 Å². The summed E-state index contributed by atoms with van der Waals surface area (Å²) in [7, 11) is 0. The van der Waals surface area contributed by atoms with Gasteiger partial charge < -0.3 is 10.4 Å². The maximum atomic E-state index is 9.16. The molecule has 0 radical (unpaired) electrons. The number of benzene rings is 1. The van der Waals surface area contributed by atoms with E-state index in [4.69, 9.17) is 5.11 Å². The predicted molar refractivity (Wildman–Crippen MR) is 77.9 cm³/mol. The van der Waals surface area contributed by atoms with Gasteiger partial charge in [0.2, 0.25) is 0 Å². The third kappa shape index (κ3) is 4.43. The lowest BCUT2D eigenvalue weighted by atomic mass is 9.84. The third-order valence-corrected chi connectivity index (χ3v) is 3.67. The van der Waals surface area contributed by atoms with Crippen molar-refractivity contribution in [3.63, 3.8) is 0 Å². The quantitative estimate of drug-likeness (QED) is 0.779. The molecule has 1 aromatic carbocycles. The van der Waals surface area contributed by atoms with E-state index >= 15 is 0 Å². The normalized spacial score (nSPS) is 13.6. The van der Waals surface area contributed by atoms with Gasteiger partial charge in [0.25, 0.3) is 0 Å². The maximum absolute atomic E-state index is 9.16. The number of aryl methyl sites for hydroxylation is 1. The molecule has 2 heteroatoms. The van der Waals surface area contributed by atoms with Crippen molar-refractivity contribution in [3.05, 3.63) is 35.4 Å². The minimum atomic E-state index is 0.126. The summed E-state index contributed by atoms with van der Waals surface area (Å²) in [6, 6.07) is 8.75. The summed E-state index contributed by atoms with van der Waals surface area (Å²) in [5.41, 5.74) is 2.79. The van der Waals surface area contributed by atoms with E-state index in [9.17, 15) is 0 Å². The van der Waals surface area contributed by atoms with Gasteiger partial charge >= 0.3 is 0 Å². The number of aliphatic hydroxyl groups is 1. The largest absolute Gasteiger partial charge is 0.396 e. The summed E-state index contributed by atoms with van der Waals surface area (Å²) in [6.45, 7) is 10.8. The fraction of sp³-hybridized carbons (Fsp3) is 0.625. The second-order valence-electron chi connectivity index (χ2n) is 5.84. The van der Waals surface area contributed by atoms with E-state index < -0.39 is 0 Å². The van der Waals surface area contributed by atoms with Gasteiger partial charge in [0.1, 0.15) is 0 Å². The summed E-state index contributed by atoms with van der Waals surface area (Å²) in [5.74, 6) is 0.374. The molecule has 2 N–H and O–H groups in total. The number of rotatable bonds is 7. The first-order chi connectivity index (χ1) is 8.49. The van der Waals surface area contributed by atoms with Crippen molar-refractivity contribution in [2.75, 3.05) is 19.7 Å². The topological polar surface area (TPSA) is 32.3 Å². The molecule has 2 nitrogen and oxygen atoms in total. The zero-order chi connectivity index (χ0) is 13.6. The van der Waals surface area contributed by atoms with Gasteiger partial charge in [-0.1, -0.05) is 50.6 Å². The van der Waals surface area contributed by atoms with Crippen LogP contribution in [0.4, 0.5) is 0 Å². The first kappa shape index (κ1) is 15.2. The summed E-state index contributed by atoms with van der Waals surface area (Å²) >= 11 is 0. The Labute approximate surface area is 111 Å². The molecule has 0 aliphatic heterocycles. The second-order valence-corrected chi connectivity index (χ2v) is 5.84. The zero-order valence-electron chi connectivity index (χ0n) is 12.2. The third-order valence-electron chi connectivity index (χ3n) is 3.67. The fourth-order valence-corrected chi connectivity index (χ4v) is 2.03. The van der Waals surface area contributed by atoms with Crippen molar-refractivity contribution in [2.24, 2.45) is 5.92 Å². The van der Waals surface area contributed by atoms with Gasteiger partial charge in [0.15, 0.2) is 0 Å². The molecule has 0 saturated heterocycles. The summed E-state index contributed by atoms with van der Waals surface area (Å²) < 4.78 is 0. The molecule has 0 fully saturated rings. The van der Waals surface area contributed by atoms with Gasteiger partial charge in [-0.15, -0.1) is 0 Å². The molecule has 0 aliphatic carbocycles. The number of hydrogen-bond acceptors (Lipinski definition) is 2. The summed E-state index contributed by atoms with van der Waals surface area (Å²) in [6.07, 6.45) is 1.02. The van der Waals surface area contributed by atoms with Crippen LogP contribution in [0.5, 0.6) is 0 Å². The highest BCUT2D eigenvalue weighted by molar-refractivity contribution is 5.27. The van der Waals surface area contributed by atoms with Gasteiger partial charge in [-0.2, -0.15) is 0 Å². The molecule has 1 unspecified atom stereocenters. The van der Waals surface area contributed by atoms with Crippen LogP contribution in [-0.4, -0.2) is 24.8 Å². The van der Waals surface area contributed by atoms with E-state index in [-0.39, 0.29) is 12.0 Å². The molecule has 0 bridgehead atoms. The van der Waals surface area contributed by atoms with Crippen molar-refractivity contribution in [2.45, 2.75) is 39.5 Å². The Morgan fingerprint density at radius 2 is 1.83 bits per heavy atom. The fourth-order valence-electron chi connectivity index (χ4n) is 2.03. The highest BCUT2D eigenvalue weighted by atomic mass is 16.3. The smallest absolute Gasteiger partial charge is 0.0471 e. The van der Waals surface area contributed by atoms with Gasteiger partial charge in [0.05, 0.1) is 0 Å². The molecule has 1 atom stereocenters. The van der Waals surface area contributed by atoms with Crippen molar-refractivity contribution < 1.29 is 5.11 Å². The molecule has 1 aromatic rings. The predicted octanol–water partition coefficient (Wildman–Crippen LogP) is 2.88. The van der Waals surface area contributed by atoms with Crippen LogP contribution in [0.3, 0.4) is 0 Å². The minimum absolute atomic E-state index is 0.126. The number of aliphatic hydroxyl groups excluding tert-OH is 1. The van der Waals surface area contributed by atoms with Crippen LogP contribution in [-0.2, 0) is 5.41 Å². The van der Waals surface area contributed by atoms with Crippen LogP contribution in [0, 0.1) is 12.8 Å². The molecule has 0 spiro atoms. The lowest BCUT2D eigenvalue weighted by Crippen LogP contribution is -2.36. The molecule has 0 amide bonds. The summed E-state index contributed by atoms with van der Waals surface area (Å²) in [5, 5.41) is 12.6. The van der Waals surface area contributed by atoms with E-state index in [0.717, 1.165) is 19.5 Å². The average Bonchev–Trinajstić information content (AvgIpc) is 2.35. The van der Waals surface area contributed by atoms with Gasteiger partial charge in [-0.05, 0) is 24.8 Å². The molecular weight excluding hydrogens is 222 g/mol. The van der Waals surface area contributed by atoms with Crippen molar-refractivity contribution in [1.29, 1.82) is 0 Å². The van der Waals surface area contributed by atoms with Crippen LogP contribution < -0.4 is 5.32 Å². The van der Waals surface area contributed by atoms with Crippen molar-refractivity contribution in [1.82, 2.24) is 5.32 Å². The molecule has 0 heterocycles. The average molecular weight is 249 g/mol. The van der Waals surface area contributed by atoms with Crippen molar-refractivity contribution >= 4 is 0 Å². The lowest BCUT2D eigenvalue weighted by molar-refractivity contribution is 0.216. The van der Waals surface area contributed by atoms with Gasteiger partial charge in [0, 0.05) is 25.1 Å². The Bertz CT molecular complexity index is 339. The molecule has 0 saturated carbocycles. The summed E-state index contributed by atoms with van der Waals surface area (Å²) in [4.78, 5) is 0. The molecule has 0 aromatic heterocycles. The van der Waals surface area contributed by atoms with E-state index in [2.05, 4.69) is 57.3 Å². The Morgan fingerprint density at radius 1 is 1.22 bits per heavy atom. The van der Waals surface area contributed by atoms with Crippen LogP contribution in [0.15, 0.2) is 24.3 Å². The zero-order valence-corrected chi connectivity index (χ0v) is 12.2. The Balaban J connectivity index is 2.51. The lowest BCUT2D eigenvalue weighted by Gasteiger charge is -2.27. The maximum Gasteiger partial charge on any atom is 0.0471 e. The van der Waals surface area contributed by atoms with E-state index in [0.29, 0.717) is 5.92 Å². The highest BCUT2D eigenvalue weighted by Gasteiger charge is 2.20. The monoisotopic (exact) mass is 249 g/mol. The highest BCUT2D eigenvalue weighted by Crippen LogP contribution is 2.22. The molecular formula is C16H27NO. The van der Waals surface area contributed by atoms with Crippen LogP contribution in [0.1, 0.15) is 38.3 Å².